The fourth-order valence-corrected chi connectivity index (χ4v) is 6.22. The first-order valence-corrected chi connectivity index (χ1v) is 15.7. The number of alkyl halides is 2. The number of benzene rings is 1. The number of ether oxygens (including phenoxy) is 1. The molecule has 2 N–H and O–H groups in total. The van der Waals surface area contributed by atoms with Crippen molar-refractivity contribution >= 4 is 39.7 Å². The third kappa shape index (κ3) is 6.96. The lowest BCUT2D eigenvalue weighted by Crippen LogP contribution is -2.53. The minimum Gasteiger partial charge on any atom is -0.500 e. The number of methoxy groups -OCH3 is 1. The molecule has 0 spiro atoms. The van der Waals surface area contributed by atoms with Gasteiger partial charge in [0.05, 0.1) is 36.3 Å². The molecule has 4 heterocycles. The molecular weight excluding hydrogens is 560 g/mol. The van der Waals surface area contributed by atoms with Crippen molar-refractivity contribution in [3.05, 3.63) is 59.6 Å². The molecule has 2 aliphatic heterocycles. The number of fused-ring (bicyclic) bond motifs is 1. The van der Waals surface area contributed by atoms with Crippen molar-refractivity contribution in [1.82, 2.24) is 19.9 Å². The van der Waals surface area contributed by atoms with Crippen LogP contribution < -0.4 is 15.5 Å². The SMILES string of the molecule is C1CCCC1.C=C(Nc1nc2ccc(N3CCNC(C(F)F)C3)cc2n1C)c1cc(C)nc(C2=C(OC)CC[N+](C)=C2C)c1. The first kappa shape index (κ1) is 31.6. The van der Waals surface area contributed by atoms with Crippen LogP contribution in [0.2, 0.25) is 0 Å². The van der Waals surface area contributed by atoms with Crippen molar-refractivity contribution in [2.24, 2.45) is 7.05 Å². The van der Waals surface area contributed by atoms with Crippen LogP contribution in [-0.4, -0.2) is 77.6 Å². The Morgan fingerprint density at radius 3 is 2.52 bits per heavy atom. The maximum atomic E-state index is 13.3. The fourth-order valence-electron chi connectivity index (χ4n) is 6.22. The summed E-state index contributed by atoms with van der Waals surface area (Å²) in [4.78, 5) is 11.6. The Labute approximate surface area is 259 Å². The molecule has 1 aromatic carbocycles. The van der Waals surface area contributed by atoms with E-state index in [-0.39, 0.29) is 6.54 Å². The predicted molar refractivity (Wildman–Crippen MR) is 176 cm³/mol. The molecule has 1 unspecified atom stereocenters. The van der Waals surface area contributed by atoms with Gasteiger partial charge in [0.15, 0.2) is 5.71 Å². The Hall–Kier alpha value is -3.79. The molecule has 0 amide bonds. The van der Waals surface area contributed by atoms with Crippen molar-refractivity contribution in [3.8, 4) is 0 Å². The number of hydrogen-bond acceptors (Lipinski definition) is 6. The standard InChI is InChI=1S/C29H36F2N7O.C5H10/c1-17-13-20(14-23(33-17)27-19(3)36(4)11-9-26(27)39-6)18(2)34-29-35-22-8-7-21(15-25(22)37(29)5)38-12-10-32-24(16-38)28(30)31;1-2-4-5-3-1/h7-8,13-15,24,28,32H,2,9-12,16H2,1,3-6H3,(H,34,35);1-5H2/q+1;. The summed E-state index contributed by atoms with van der Waals surface area (Å²) in [6.45, 7) is 10.7. The molecule has 0 bridgehead atoms. The molecule has 1 saturated heterocycles. The second-order valence-corrected chi connectivity index (χ2v) is 12.0. The first-order valence-electron chi connectivity index (χ1n) is 15.7. The third-order valence-electron chi connectivity index (χ3n) is 8.94. The van der Waals surface area contributed by atoms with Crippen LogP contribution in [0, 0.1) is 6.92 Å². The van der Waals surface area contributed by atoms with E-state index in [4.69, 9.17) is 14.7 Å². The Bertz CT molecular complexity index is 1560. The maximum absolute atomic E-state index is 13.3. The average molecular weight is 607 g/mol. The van der Waals surface area contributed by atoms with Gasteiger partial charge in [0.25, 0.3) is 6.43 Å². The fraction of sp³-hybridized carbons (Fsp3) is 0.500. The summed E-state index contributed by atoms with van der Waals surface area (Å²) >= 11 is 0. The summed E-state index contributed by atoms with van der Waals surface area (Å²) < 4.78 is 36.5. The van der Waals surface area contributed by atoms with Gasteiger partial charge in [-0.2, -0.15) is 0 Å². The summed E-state index contributed by atoms with van der Waals surface area (Å²) in [6, 6.07) is 9.09. The highest BCUT2D eigenvalue weighted by molar-refractivity contribution is 6.20. The van der Waals surface area contributed by atoms with E-state index in [1.807, 2.05) is 53.8 Å². The normalized spacial score (nSPS) is 19.0. The van der Waals surface area contributed by atoms with Crippen molar-refractivity contribution in [3.63, 3.8) is 0 Å². The van der Waals surface area contributed by atoms with E-state index in [1.165, 1.54) is 32.1 Å². The maximum Gasteiger partial charge on any atom is 0.255 e. The molecule has 44 heavy (non-hydrogen) atoms. The molecule has 2 fully saturated rings. The van der Waals surface area contributed by atoms with Gasteiger partial charge in [-0.3, -0.25) is 4.98 Å². The summed E-state index contributed by atoms with van der Waals surface area (Å²) in [6.07, 6.45) is 5.92. The zero-order chi connectivity index (χ0) is 31.4. The summed E-state index contributed by atoms with van der Waals surface area (Å²) in [5.74, 6) is 1.58. The Morgan fingerprint density at radius 2 is 1.84 bits per heavy atom. The predicted octanol–water partition coefficient (Wildman–Crippen LogP) is 6.22. The lowest BCUT2D eigenvalue weighted by atomic mass is 9.98. The average Bonchev–Trinajstić information content (AvgIpc) is 3.70. The number of anilines is 2. The highest BCUT2D eigenvalue weighted by atomic mass is 19.3. The summed E-state index contributed by atoms with van der Waals surface area (Å²) in [5, 5.41) is 6.28. The van der Waals surface area contributed by atoms with E-state index in [0.29, 0.717) is 24.7 Å². The number of nitrogens with zero attached hydrogens (tertiary/aromatic N) is 5. The number of imidazole rings is 1. The quantitative estimate of drug-likeness (QED) is 0.312. The first-order chi connectivity index (χ1) is 21.2. The number of hydrogen-bond donors (Lipinski definition) is 2. The number of aryl methyl sites for hydroxylation is 2. The van der Waals surface area contributed by atoms with Crippen LogP contribution in [-0.2, 0) is 11.8 Å². The third-order valence-corrected chi connectivity index (χ3v) is 8.94. The van der Waals surface area contributed by atoms with Gasteiger partial charge in [-0.1, -0.05) is 38.7 Å². The number of pyridine rings is 1. The number of halogens is 2. The van der Waals surface area contributed by atoms with Crippen molar-refractivity contribution in [1.29, 1.82) is 0 Å². The van der Waals surface area contributed by atoms with Gasteiger partial charge in [-0.05, 0) is 37.3 Å². The number of piperazine rings is 1. The molecule has 3 aromatic rings. The van der Waals surface area contributed by atoms with Gasteiger partial charge in [0, 0.05) is 56.2 Å². The van der Waals surface area contributed by atoms with Crippen molar-refractivity contribution < 1.29 is 18.1 Å². The van der Waals surface area contributed by atoms with Crippen LogP contribution in [0.4, 0.5) is 20.4 Å². The molecule has 1 aliphatic carbocycles. The van der Waals surface area contributed by atoms with Crippen molar-refractivity contribution in [2.75, 3.05) is 50.6 Å². The van der Waals surface area contributed by atoms with Crippen LogP contribution in [0.15, 0.2) is 42.7 Å². The lowest BCUT2D eigenvalue weighted by Gasteiger charge is -2.34. The zero-order valence-corrected chi connectivity index (χ0v) is 26.7. The molecular formula is C34H46F2N7O+. The van der Waals surface area contributed by atoms with Gasteiger partial charge < -0.3 is 24.8 Å². The topological polar surface area (TPSA) is 70.3 Å². The number of allylic oxidation sites excluding steroid dienone is 1. The van der Waals surface area contributed by atoms with Gasteiger partial charge in [0.2, 0.25) is 5.95 Å². The van der Waals surface area contributed by atoms with E-state index in [0.717, 1.165) is 63.7 Å². The van der Waals surface area contributed by atoms with Crippen LogP contribution in [0.25, 0.3) is 22.3 Å². The highest BCUT2D eigenvalue weighted by Gasteiger charge is 2.28. The minimum absolute atomic E-state index is 0.264. The number of nitrogens with one attached hydrogen (secondary N) is 2. The summed E-state index contributed by atoms with van der Waals surface area (Å²) in [5.41, 5.74) is 8.10. The van der Waals surface area contributed by atoms with E-state index in [2.05, 4.69) is 35.8 Å². The Balaban J connectivity index is 0.000000698. The zero-order valence-electron chi connectivity index (χ0n) is 26.7. The molecule has 6 rings (SSSR count). The van der Waals surface area contributed by atoms with Crippen molar-refractivity contribution in [2.45, 2.75) is 64.8 Å². The molecule has 8 nitrogen and oxygen atoms in total. The Morgan fingerprint density at radius 1 is 1.11 bits per heavy atom. The second kappa shape index (κ2) is 13.9. The van der Waals surface area contributed by atoms with Gasteiger partial charge in [0.1, 0.15) is 24.9 Å². The van der Waals surface area contributed by atoms with E-state index in [9.17, 15) is 8.78 Å². The van der Waals surface area contributed by atoms with Gasteiger partial charge >= 0.3 is 0 Å². The van der Waals surface area contributed by atoms with Crippen LogP contribution in [0.5, 0.6) is 0 Å². The second-order valence-electron chi connectivity index (χ2n) is 12.0. The molecule has 236 valence electrons. The van der Waals surface area contributed by atoms with Gasteiger partial charge in [-0.15, -0.1) is 0 Å². The van der Waals surface area contributed by atoms with E-state index in [1.54, 1.807) is 7.11 Å². The van der Waals surface area contributed by atoms with Crippen LogP contribution in [0.3, 0.4) is 0 Å². The largest absolute Gasteiger partial charge is 0.500 e. The molecule has 2 aromatic heterocycles. The van der Waals surface area contributed by atoms with E-state index < -0.39 is 12.5 Å². The highest BCUT2D eigenvalue weighted by Crippen LogP contribution is 2.30. The molecule has 1 atom stereocenters. The Kier molecular flexibility index (Phi) is 9.98. The van der Waals surface area contributed by atoms with E-state index >= 15 is 0 Å². The monoisotopic (exact) mass is 606 g/mol. The summed E-state index contributed by atoms with van der Waals surface area (Å²) in [7, 11) is 5.72. The lowest BCUT2D eigenvalue weighted by molar-refractivity contribution is -0.497. The minimum atomic E-state index is -2.40. The molecule has 0 radical (unpaired) electrons. The number of aromatic nitrogens is 3. The number of rotatable bonds is 7. The molecule has 1 saturated carbocycles. The van der Waals surface area contributed by atoms with Gasteiger partial charge in [-0.25, -0.2) is 18.3 Å². The smallest absolute Gasteiger partial charge is 0.255 e. The van der Waals surface area contributed by atoms with Crippen LogP contribution >= 0.6 is 0 Å². The molecule has 3 aliphatic rings. The van der Waals surface area contributed by atoms with Crippen LogP contribution in [0.1, 0.15) is 62.4 Å². The molecule has 10 heteroatoms.